The van der Waals surface area contributed by atoms with Crippen molar-refractivity contribution in [3.8, 4) is 5.69 Å². The van der Waals surface area contributed by atoms with Gasteiger partial charge in [0.05, 0.1) is 16.6 Å². The Morgan fingerprint density at radius 1 is 1.05 bits per heavy atom. The molecule has 100 valence electrons. The molecule has 1 aromatic heterocycles. The van der Waals surface area contributed by atoms with Gasteiger partial charge in [0.15, 0.2) is 4.77 Å². The molecule has 1 N–H and O–H groups in total. The van der Waals surface area contributed by atoms with E-state index in [0.717, 1.165) is 16.8 Å². The van der Waals surface area contributed by atoms with Gasteiger partial charge in [-0.05, 0) is 61.5 Å². The van der Waals surface area contributed by atoms with E-state index in [4.69, 9.17) is 12.2 Å². The Balaban J connectivity index is 2.39. The van der Waals surface area contributed by atoms with E-state index in [-0.39, 0.29) is 5.56 Å². The normalized spacial score (nSPS) is 10.9. The fourth-order valence-electron chi connectivity index (χ4n) is 2.26. The van der Waals surface area contributed by atoms with Crippen molar-refractivity contribution < 1.29 is 0 Å². The first-order chi connectivity index (χ1) is 9.58. The van der Waals surface area contributed by atoms with Crippen LogP contribution in [-0.4, -0.2) is 9.55 Å². The summed E-state index contributed by atoms with van der Waals surface area (Å²) in [4.78, 5) is 15.7. The molecular formula is C16H14N2OS. The third-order valence-electron chi connectivity index (χ3n) is 3.55. The highest BCUT2D eigenvalue weighted by Crippen LogP contribution is 2.14. The molecule has 4 heteroatoms. The number of rotatable bonds is 1. The van der Waals surface area contributed by atoms with Crippen LogP contribution in [0.5, 0.6) is 0 Å². The van der Waals surface area contributed by atoms with Gasteiger partial charge in [-0.15, -0.1) is 0 Å². The van der Waals surface area contributed by atoms with Crippen LogP contribution in [-0.2, 0) is 0 Å². The van der Waals surface area contributed by atoms with E-state index in [2.05, 4.69) is 4.98 Å². The Kier molecular flexibility index (Phi) is 3.03. The van der Waals surface area contributed by atoms with Gasteiger partial charge in [-0.2, -0.15) is 0 Å². The van der Waals surface area contributed by atoms with Gasteiger partial charge < -0.3 is 4.98 Å². The van der Waals surface area contributed by atoms with Gasteiger partial charge >= 0.3 is 0 Å². The zero-order valence-electron chi connectivity index (χ0n) is 11.3. The molecule has 0 aliphatic heterocycles. The van der Waals surface area contributed by atoms with E-state index >= 15 is 0 Å². The van der Waals surface area contributed by atoms with Crippen LogP contribution in [0.4, 0.5) is 0 Å². The first kappa shape index (κ1) is 12.8. The molecule has 0 fully saturated rings. The summed E-state index contributed by atoms with van der Waals surface area (Å²) in [5, 5.41) is 0.638. The van der Waals surface area contributed by atoms with Crippen molar-refractivity contribution in [3.05, 3.63) is 68.7 Å². The lowest BCUT2D eigenvalue weighted by molar-refractivity contribution is 0.937. The van der Waals surface area contributed by atoms with Crippen molar-refractivity contribution in [3.63, 3.8) is 0 Å². The van der Waals surface area contributed by atoms with E-state index in [9.17, 15) is 4.79 Å². The molecule has 0 saturated heterocycles. The number of benzene rings is 2. The highest BCUT2D eigenvalue weighted by molar-refractivity contribution is 7.71. The van der Waals surface area contributed by atoms with Gasteiger partial charge in [0, 0.05) is 0 Å². The fraction of sp³-hybridized carbons (Fsp3) is 0.125. The number of para-hydroxylation sites is 1. The smallest absolute Gasteiger partial charge is 0.266 e. The number of aromatic amines is 1. The predicted octanol–water partition coefficient (Wildman–Crippen LogP) is 3.67. The van der Waals surface area contributed by atoms with Crippen LogP contribution in [0.25, 0.3) is 16.6 Å². The number of aromatic nitrogens is 2. The molecule has 2 aromatic carbocycles. The molecule has 3 rings (SSSR count). The van der Waals surface area contributed by atoms with E-state index in [1.54, 1.807) is 10.6 Å². The summed E-state index contributed by atoms with van der Waals surface area (Å²) in [6.45, 7) is 4.07. The number of nitrogens with one attached hydrogen (secondary N) is 1. The van der Waals surface area contributed by atoms with Crippen molar-refractivity contribution in [2.24, 2.45) is 0 Å². The minimum absolute atomic E-state index is 0.0902. The number of H-pyrrole nitrogens is 1. The third kappa shape index (κ3) is 1.98. The van der Waals surface area contributed by atoms with Gasteiger partial charge in [0.25, 0.3) is 5.56 Å². The van der Waals surface area contributed by atoms with Gasteiger partial charge in [-0.3, -0.25) is 9.36 Å². The molecule has 0 saturated carbocycles. The Bertz CT molecular complexity index is 922. The number of nitrogens with zero attached hydrogens (tertiary/aromatic N) is 1. The highest BCUT2D eigenvalue weighted by Gasteiger charge is 2.07. The summed E-state index contributed by atoms with van der Waals surface area (Å²) in [7, 11) is 0. The van der Waals surface area contributed by atoms with Crippen LogP contribution in [0.1, 0.15) is 11.1 Å². The lowest BCUT2D eigenvalue weighted by Gasteiger charge is -2.10. The van der Waals surface area contributed by atoms with Gasteiger partial charge in [0.1, 0.15) is 0 Å². The van der Waals surface area contributed by atoms with Crippen molar-refractivity contribution >= 4 is 23.1 Å². The lowest BCUT2D eigenvalue weighted by Crippen LogP contribution is -2.20. The van der Waals surface area contributed by atoms with Crippen molar-refractivity contribution in [2.45, 2.75) is 13.8 Å². The number of aryl methyl sites for hydroxylation is 2. The Morgan fingerprint density at radius 2 is 1.80 bits per heavy atom. The average molecular weight is 282 g/mol. The third-order valence-corrected chi connectivity index (χ3v) is 3.84. The predicted molar refractivity (Wildman–Crippen MR) is 84.2 cm³/mol. The second kappa shape index (κ2) is 4.72. The summed E-state index contributed by atoms with van der Waals surface area (Å²) in [6.07, 6.45) is 0. The average Bonchev–Trinajstić information content (AvgIpc) is 2.43. The van der Waals surface area contributed by atoms with Gasteiger partial charge in [-0.25, -0.2) is 0 Å². The molecule has 20 heavy (non-hydrogen) atoms. The molecule has 0 atom stereocenters. The summed E-state index contributed by atoms with van der Waals surface area (Å²) in [5.74, 6) is 0. The summed E-state index contributed by atoms with van der Waals surface area (Å²) < 4.78 is 1.96. The summed E-state index contributed by atoms with van der Waals surface area (Å²) >= 11 is 5.33. The van der Waals surface area contributed by atoms with Gasteiger partial charge in [-0.1, -0.05) is 18.2 Å². The minimum atomic E-state index is -0.0902. The minimum Gasteiger partial charge on any atom is -0.331 e. The Labute approximate surface area is 121 Å². The second-order valence-electron chi connectivity index (χ2n) is 4.88. The van der Waals surface area contributed by atoms with Crippen molar-refractivity contribution in [1.29, 1.82) is 0 Å². The number of fused-ring (bicyclic) bond motifs is 1. The fourth-order valence-corrected chi connectivity index (χ4v) is 2.56. The Morgan fingerprint density at radius 3 is 2.55 bits per heavy atom. The zero-order valence-corrected chi connectivity index (χ0v) is 12.1. The molecule has 0 spiro atoms. The molecule has 3 nitrogen and oxygen atoms in total. The molecule has 0 bridgehead atoms. The van der Waals surface area contributed by atoms with E-state index in [0.29, 0.717) is 10.2 Å². The van der Waals surface area contributed by atoms with E-state index in [1.165, 1.54) is 5.56 Å². The lowest BCUT2D eigenvalue weighted by atomic mass is 10.1. The number of hydrogen-bond donors (Lipinski definition) is 1. The molecule has 0 amide bonds. The first-order valence-corrected chi connectivity index (χ1v) is 6.80. The maximum Gasteiger partial charge on any atom is 0.266 e. The molecule has 3 aromatic rings. The van der Waals surface area contributed by atoms with Crippen LogP contribution in [0.2, 0.25) is 0 Å². The Hall–Kier alpha value is -2.20. The summed E-state index contributed by atoms with van der Waals surface area (Å²) in [5.41, 5.74) is 3.80. The molecule has 1 heterocycles. The molecule has 0 aliphatic carbocycles. The topological polar surface area (TPSA) is 37.8 Å². The number of hydrogen-bond acceptors (Lipinski definition) is 2. The molecular weight excluding hydrogens is 268 g/mol. The maximum atomic E-state index is 12.6. The standard InChI is InChI=1S/C16H14N2OS/c1-10-7-8-12(9-11(10)2)18-15(19)13-5-3-4-6-14(13)17-16(18)20/h3-9H,1-2H3,(H,17,20). The monoisotopic (exact) mass is 282 g/mol. The van der Waals surface area contributed by atoms with E-state index < -0.39 is 0 Å². The maximum absolute atomic E-state index is 12.6. The first-order valence-electron chi connectivity index (χ1n) is 6.39. The van der Waals surface area contributed by atoms with Crippen LogP contribution in [0, 0.1) is 18.6 Å². The van der Waals surface area contributed by atoms with Crippen LogP contribution < -0.4 is 5.56 Å². The van der Waals surface area contributed by atoms with Crippen LogP contribution in [0.15, 0.2) is 47.3 Å². The van der Waals surface area contributed by atoms with Crippen molar-refractivity contribution in [1.82, 2.24) is 9.55 Å². The second-order valence-corrected chi connectivity index (χ2v) is 5.27. The van der Waals surface area contributed by atoms with Gasteiger partial charge in [0.2, 0.25) is 0 Å². The van der Waals surface area contributed by atoms with Crippen molar-refractivity contribution in [2.75, 3.05) is 0 Å². The quantitative estimate of drug-likeness (QED) is 0.692. The molecule has 0 radical (unpaired) electrons. The molecule has 0 aliphatic rings. The SMILES string of the molecule is Cc1ccc(-n2c(=S)[nH]c3ccccc3c2=O)cc1C. The van der Waals surface area contributed by atoms with E-state index in [1.807, 2.05) is 50.2 Å². The largest absolute Gasteiger partial charge is 0.331 e. The summed E-state index contributed by atoms with van der Waals surface area (Å²) in [6, 6.07) is 13.3. The van der Waals surface area contributed by atoms with Crippen LogP contribution >= 0.6 is 12.2 Å². The molecule has 0 unspecified atom stereocenters. The zero-order chi connectivity index (χ0) is 14.3. The highest BCUT2D eigenvalue weighted by atomic mass is 32.1. The van der Waals surface area contributed by atoms with Crippen LogP contribution in [0.3, 0.4) is 0 Å².